The summed E-state index contributed by atoms with van der Waals surface area (Å²) in [5, 5.41) is 3.13. The minimum absolute atomic E-state index is 0.148. The quantitative estimate of drug-likeness (QED) is 0.474. The maximum absolute atomic E-state index is 13.7. The molecule has 1 fully saturated rings. The summed E-state index contributed by atoms with van der Waals surface area (Å²) in [6, 6.07) is 6.00. The third-order valence-electron chi connectivity index (χ3n) is 5.54. The fourth-order valence-corrected chi connectivity index (χ4v) is 6.49. The molecule has 1 amide bonds. The molecule has 11 nitrogen and oxygen atoms in total. The molecule has 0 aliphatic carbocycles. The Morgan fingerprint density at radius 2 is 1.74 bits per heavy atom. The topological polar surface area (TPSA) is 141 Å². The number of likely N-dealkylation sites (tertiary alicyclic amines) is 1. The average molecular weight is 522 g/mol. The number of piperidine rings is 1. The minimum Gasteiger partial charge on any atom is -0.444 e. The summed E-state index contributed by atoms with van der Waals surface area (Å²) in [6.07, 6.45) is 4.50. The highest BCUT2D eigenvalue weighted by Gasteiger charge is 2.41. The summed E-state index contributed by atoms with van der Waals surface area (Å²) in [5.74, 6) is 0. The maximum atomic E-state index is 13.7. The van der Waals surface area contributed by atoms with Gasteiger partial charge in [0.1, 0.15) is 17.3 Å². The van der Waals surface area contributed by atoms with Crippen molar-refractivity contribution >= 4 is 36.8 Å². The fraction of sp³-hybridized carbons (Fsp3) is 0.455. The van der Waals surface area contributed by atoms with E-state index < -0.39 is 36.7 Å². The molecular weight excluding hydrogens is 494 g/mol. The molecule has 1 aliphatic rings. The van der Waals surface area contributed by atoms with Gasteiger partial charge < -0.3 is 4.74 Å². The van der Waals surface area contributed by atoms with Gasteiger partial charge in [-0.25, -0.2) is 36.3 Å². The van der Waals surface area contributed by atoms with Gasteiger partial charge in [-0.3, -0.25) is 4.90 Å². The number of amides is 1. The zero-order chi connectivity index (χ0) is 25.6. The predicted molar refractivity (Wildman–Crippen MR) is 128 cm³/mol. The number of sulfone groups is 2. The van der Waals surface area contributed by atoms with Crippen molar-refractivity contribution in [3.8, 4) is 5.69 Å². The normalized spacial score (nSPS) is 17.5. The van der Waals surface area contributed by atoms with E-state index in [9.17, 15) is 21.6 Å². The Morgan fingerprint density at radius 1 is 1.06 bits per heavy atom. The van der Waals surface area contributed by atoms with Crippen molar-refractivity contribution in [3.05, 3.63) is 36.8 Å². The van der Waals surface area contributed by atoms with Crippen LogP contribution in [0.5, 0.6) is 0 Å². The molecule has 0 spiro atoms. The molecule has 35 heavy (non-hydrogen) atoms. The molecule has 2 aromatic heterocycles. The van der Waals surface area contributed by atoms with Crippen molar-refractivity contribution < 1.29 is 26.4 Å². The molecule has 1 atom stereocenters. The van der Waals surface area contributed by atoms with E-state index in [0.717, 1.165) is 12.6 Å². The molecule has 188 valence electrons. The van der Waals surface area contributed by atoms with Crippen molar-refractivity contribution in [1.29, 1.82) is 0 Å². The van der Waals surface area contributed by atoms with Crippen LogP contribution in [0.3, 0.4) is 0 Å². The van der Waals surface area contributed by atoms with E-state index >= 15 is 0 Å². The summed E-state index contributed by atoms with van der Waals surface area (Å²) in [5.41, 5.74) is -0.0217. The number of nitrogens with zero attached hydrogens (tertiary/aromatic N) is 5. The van der Waals surface area contributed by atoms with Gasteiger partial charge in [-0.15, -0.1) is 0 Å². The van der Waals surface area contributed by atoms with Crippen molar-refractivity contribution in [1.82, 2.24) is 24.6 Å². The van der Waals surface area contributed by atoms with Crippen LogP contribution in [0, 0.1) is 0 Å². The van der Waals surface area contributed by atoms with Crippen LogP contribution < -0.4 is 0 Å². The second kappa shape index (κ2) is 8.86. The number of aromatic nitrogens is 4. The SMILES string of the molecule is CC(C)(C)OC(=O)N1CCCCC1S(=O)(=O)c1ncnc2c1cnn2-c1ccc(S(C)(=O)=O)cc1. The molecule has 1 aromatic carbocycles. The lowest BCUT2D eigenvalue weighted by molar-refractivity contribution is 0.0177. The monoisotopic (exact) mass is 521 g/mol. The zero-order valence-electron chi connectivity index (χ0n) is 19.9. The lowest BCUT2D eigenvalue weighted by Gasteiger charge is -2.36. The van der Waals surface area contributed by atoms with Gasteiger partial charge in [0.2, 0.25) is 9.84 Å². The standard InChI is InChI=1S/C22H27N5O6S2/c1-22(2,3)33-21(28)26-12-6-5-7-18(26)35(31,32)20-17-13-25-27(19(17)23-14-24-20)15-8-10-16(11-9-15)34(4,29)30/h8-11,13-14,18H,5-7,12H2,1-4H3. The van der Waals surface area contributed by atoms with Crippen LogP contribution in [0.2, 0.25) is 0 Å². The third-order valence-corrected chi connectivity index (χ3v) is 8.74. The Labute approximate surface area is 204 Å². The first-order chi connectivity index (χ1) is 16.3. The van der Waals surface area contributed by atoms with Gasteiger partial charge in [0.25, 0.3) is 0 Å². The van der Waals surface area contributed by atoms with E-state index in [-0.39, 0.29) is 33.9 Å². The second-order valence-electron chi connectivity index (χ2n) is 9.41. The predicted octanol–water partition coefficient (Wildman–Crippen LogP) is 2.74. The fourth-order valence-electron chi connectivity index (χ4n) is 3.95. The van der Waals surface area contributed by atoms with Gasteiger partial charge in [-0.2, -0.15) is 5.10 Å². The van der Waals surface area contributed by atoms with Crippen LogP contribution in [0.4, 0.5) is 4.79 Å². The van der Waals surface area contributed by atoms with Crippen molar-refractivity contribution in [2.75, 3.05) is 12.8 Å². The molecule has 0 bridgehead atoms. The minimum atomic E-state index is -4.09. The van der Waals surface area contributed by atoms with Crippen LogP contribution in [-0.4, -0.2) is 71.4 Å². The molecule has 0 radical (unpaired) electrons. The Morgan fingerprint density at radius 3 is 2.37 bits per heavy atom. The van der Waals surface area contributed by atoms with Gasteiger partial charge in [0, 0.05) is 12.8 Å². The molecule has 13 heteroatoms. The van der Waals surface area contributed by atoms with E-state index in [1.165, 1.54) is 27.9 Å². The molecule has 4 rings (SSSR count). The Kier molecular flexibility index (Phi) is 6.34. The number of carbonyl (C=O) groups is 1. The number of carbonyl (C=O) groups excluding carboxylic acids is 1. The summed E-state index contributed by atoms with van der Waals surface area (Å²) in [7, 11) is -7.46. The van der Waals surface area contributed by atoms with E-state index in [0.29, 0.717) is 18.5 Å². The Hall–Kier alpha value is -3.06. The first-order valence-electron chi connectivity index (χ1n) is 11.0. The molecule has 1 unspecified atom stereocenters. The lowest BCUT2D eigenvalue weighted by Crippen LogP contribution is -2.49. The van der Waals surface area contributed by atoms with E-state index in [2.05, 4.69) is 15.1 Å². The number of hydrogen-bond donors (Lipinski definition) is 0. The highest BCUT2D eigenvalue weighted by Crippen LogP contribution is 2.31. The van der Waals surface area contributed by atoms with E-state index in [1.807, 2.05) is 0 Å². The summed E-state index contributed by atoms with van der Waals surface area (Å²) < 4.78 is 57.8. The van der Waals surface area contributed by atoms with Gasteiger partial charge in [-0.1, -0.05) is 0 Å². The molecule has 3 heterocycles. The molecule has 1 aliphatic heterocycles. The largest absolute Gasteiger partial charge is 0.444 e. The maximum Gasteiger partial charge on any atom is 0.411 e. The molecule has 0 N–H and O–H groups in total. The number of fused-ring (bicyclic) bond motifs is 1. The first-order valence-corrected chi connectivity index (χ1v) is 14.5. The summed E-state index contributed by atoms with van der Waals surface area (Å²) in [4.78, 5) is 22.5. The second-order valence-corrected chi connectivity index (χ2v) is 13.4. The Bertz CT molecular complexity index is 1470. The smallest absolute Gasteiger partial charge is 0.411 e. The van der Waals surface area contributed by atoms with Crippen LogP contribution in [0.25, 0.3) is 16.7 Å². The van der Waals surface area contributed by atoms with E-state index in [1.54, 1.807) is 32.9 Å². The summed E-state index contributed by atoms with van der Waals surface area (Å²) >= 11 is 0. The van der Waals surface area contributed by atoms with Crippen molar-refractivity contribution in [3.63, 3.8) is 0 Å². The number of benzene rings is 1. The lowest BCUT2D eigenvalue weighted by atomic mass is 10.1. The first kappa shape index (κ1) is 25.0. The zero-order valence-corrected chi connectivity index (χ0v) is 21.5. The number of rotatable bonds is 4. The number of hydrogen-bond acceptors (Lipinski definition) is 9. The molecule has 1 saturated heterocycles. The van der Waals surface area contributed by atoms with Gasteiger partial charge >= 0.3 is 6.09 Å². The number of ether oxygens (including phenoxy) is 1. The van der Waals surface area contributed by atoms with Gasteiger partial charge in [0.15, 0.2) is 20.5 Å². The van der Waals surface area contributed by atoms with Crippen LogP contribution >= 0.6 is 0 Å². The highest BCUT2D eigenvalue weighted by atomic mass is 32.2. The highest BCUT2D eigenvalue weighted by molar-refractivity contribution is 7.92. The van der Waals surface area contributed by atoms with Crippen LogP contribution in [0.1, 0.15) is 40.0 Å². The summed E-state index contributed by atoms with van der Waals surface area (Å²) in [6.45, 7) is 5.44. The van der Waals surface area contributed by atoms with Crippen molar-refractivity contribution in [2.24, 2.45) is 0 Å². The van der Waals surface area contributed by atoms with Gasteiger partial charge in [-0.05, 0) is 64.3 Å². The van der Waals surface area contributed by atoms with Crippen LogP contribution in [0.15, 0.2) is 46.7 Å². The third kappa shape index (κ3) is 5.01. The molecular formula is C22H27N5O6S2. The van der Waals surface area contributed by atoms with Gasteiger partial charge in [0.05, 0.1) is 22.2 Å². The molecule has 0 saturated carbocycles. The van der Waals surface area contributed by atoms with Crippen LogP contribution in [-0.2, 0) is 24.4 Å². The molecule has 3 aromatic rings. The van der Waals surface area contributed by atoms with E-state index in [4.69, 9.17) is 4.74 Å². The average Bonchev–Trinajstić information content (AvgIpc) is 3.21. The van der Waals surface area contributed by atoms with Crippen molar-refractivity contribution in [2.45, 2.75) is 60.9 Å². The Balaban J connectivity index is 1.74.